The van der Waals surface area contributed by atoms with Crippen LogP contribution in [0.2, 0.25) is 0 Å². The van der Waals surface area contributed by atoms with Crippen molar-refractivity contribution in [3.05, 3.63) is 0 Å². The minimum absolute atomic E-state index is 0.841. The summed E-state index contributed by atoms with van der Waals surface area (Å²) in [6, 6.07) is 0. The molecule has 14 heavy (non-hydrogen) atoms. The predicted molar refractivity (Wildman–Crippen MR) is 64.2 cm³/mol. The molecule has 0 amide bonds. The minimum atomic E-state index is 0.841. The summed E-state index contributed by atoms with van der Waals surface area (Å²) in [5.74, 6) is 5.69. The average molecular weight is 196 g/mol. The Balaban J connectivity index is 2.51. The molecule has 0 spiro atoms. The van der Waals surface area contributed by atoms with Gasteiger partial charge in [0.05, 0.1) is 0 Å². The monoisotopic (exact) mass is 196 g/mol. The first-order chi connectivity index (χ1) is 6.49. The van der Waals surface area contributed by atoms with Gasteiger partial charge in [-0.05, 0) is 41.9 Å². The standard InChI is InChI=1S/C14H28/c1-7-13(14-8-10(14)4)12(6)11(5)9(2)3/h9-14H,7-8H2,1-6H3. The smallest absolute Gasteiger partial charge is 0.0355 e. The molecule has 0 aliphatic heterocycles. The van der Waals surface area contributed by atoms with Gasteiger partial charge in [-0.15, -0.1) is 0 Å². The SMILES string of the molecule is CCC(C(C)C(C)C(C)C)C1CC1C. The van der Waals surface area contributed by atoms with Crippen LogP contribution >= 0.6 is 0 Å². The Morgan fingerprint density at radius 3 is 1.86 bits per heavy atom. The molecule has 1 rings (SSSR count). The van der Waals surface area contributed by atoms with Crippen LogP contribution in [0.4, 0.5) is 0 Å². The summed E-state index contributed by atoms with van der Waals surface area (Å²) in [7, 11) is 0. The van der Waals surface area contributed by atoms with Gasteiger partial charge < -0.3 is 0 Å². The van der Waals surface area contributed by atoms with Crippen LogP contribution in [0.25, 0.3) is 0 Å². The Labute approximate surface area is 90.5 Å². The first kappa shape index (κ1) is 12.1. The molecule has 0 aromatic carbocycles. The second kappa shape index (κ2) is 4.68. The lowest BCUT2D eigenvalue weighted by Gasteiger charge is -2.31. The average Bonchev–Trinajstić information content (AvgIpc) is 2.82. The Bertz CT molecular complexity index is 171. The van der Waals surface area contributed by atoms with Gasteiger partial charge >= 0.3 is 0 Å². The normalized spacial score (nSPS) is 32.8. The topological polar surface area (TPSA) is 0 Å². The molecule has 1 aliphatic carbocycles. The van der Waals surface area contributed by atoms with E-state index in [4.69, 9.17) is 0 Å². The summed E-state index contributed by atoms with van der Waals surface area (Å²) < 4.78 is 0. The van der Waals surface area contributed by atoms with Crippen molar-refractivity contribution in [2.45, 2.75) is 54.4 Å². The quantitative estimate of drug-likeness (QED) is 0.603. The highest BCUT2D eigenvalue weighted by Gasteiger charge is 2.41. The maximum Gasteiger partial charge on any atom is -0.0355 e. The third-order valence-corrected chi connectivity index (χ3v) is 4.75. The fourth-order valence-corrected chi connectivity index (χ4v) is 3.01. The van der Waals surface area contributed by atoms with Crippen LogP contribution in [0.3, 0.4) is 0 Å². The van der Waals surface area contributed by atoms with Crippen molar-refractivity contribution in [3.8, 4) is 0 Å². The summed E-state index contributed by atoms with van der Waals surface area (Å²) in [4.78, 5) is 0. The van der Waals surface area contributed by atoms with Gasteiger partial charge in [0.25, 0.3) is 0 Å². The highest BCUT2D eigenvalue weighted by Crippen LogP contribution is 2.49. The molecule has 0 aromatic heterocycles. The lowest BCUT2D eigenvalue weighted by atomic mass is 9.75. The van der Waals surface area contributed by atoms with Crippen LogP contribution in [0.5, 0.6) is 0 Å². The van der Waals surface area contributed by atoms with E-state index in [9.17, 15) is 0 Å². The molecule has 0 saturated heterocycles. The molecule has 84 valence electrons. The van der Waals surface area contributed by atoms with Gasteiger partial charge in [-0.2, -0.15) is 0 Å². The van der Waals surface area contributed by atoms with Crippen LogP contribution in [-0.2, 0) is 0 Å². The van der Waals surface area contributed by atoms with Crippen LogP contribution in [0.1, 0.15) is 54.4 Å². The molecule has 5 unspecified atom stereocenters. The van der Waals surface area contributed by atoms with Gasteiger partial charge in [0, 0.05) is 0 Å². The van der Waals surface area contributed by atoms with Gasteiger partial charge in [-0.25, -0.2) is 0 Å². The van der Waals surface area contributed by atoms with E-state index in [1.165, 1.54) is 12.8 Å². The molecular formula is C14H28. The zero-order valence-electron chi connectivity index (χ0n) is 10.9. The van der Waals surface area contributed by atoms with Crippen molar-refractivity contribution >= 4 is 0 Å². The van der Waals surface area contributed by atoms with E-state index >= 15 is 0 Å². The minimum Gasteiger partial charge on any atom is -0.0651 e. The Morgan fingerprint density at radius 1 is 1.07 bits per heavy atom. The Morgan fingerprint density at radius 2 is 1.57 bits per heavy atom. The first-order valence-electron chi connectivity index (χ1n) is 6.49. The van der Waals surface area contributed by atoms with E-state index in [1.807, 2.05) is 0 Å². The molecule has 0 nitrogen and oxygen atoms in total. The second-order valence-corrected chi connectivity index (χ2v) is 5.91. The molecule has 0 N–H and O–H groups in total. The van der Waals surface area contributed by atoms with E-state index in [2.05, 4.69) is 41.5 Å². The Hall–Kier alpha value is 0. The van der Waals surface area contributed by atoms with Crippen molar-refractivity contribution in [2.24, 2.45) is 35.5 Å². The molecule has 0 bridgehead atoms. The van der Waals surface area contributed by atoms with Crippen molar-refractivity contribution in [1.29, 1.82) is 0 Å². The molecular weight excluding hydrogens is 168 g/mol. The summed E-state index contributed by atoms with van der Waals surface area (Å²) in [5.41, 5.74) is 0. The molecule has 1 aliphatic rings. The number of hydrogen-bond donors (Lipinski definition) is 0. The lowest BCUT2D eigenvalue weighted by molar-refractivity contribution is 0.182. The largest absolute Gasteiger partial charge is 0.0651 e. The van der Waals surface area contributed by atoms with E-state index < -0.39 is 0 Å². The van der Waals surface area contributed by atoms with Gasteiger partial charge in [0.2, 0.25) is 0 Å². The van der Waals surface area contributed by atoms with E-state index in [1.54, 1.807) is 0 Å². The van der Waals surface area contributed by atoms with E-state index in [0.717, 1.165) is 35.5 Å². The highest BCUT2D eigenvalue weighted by atomic mass is 14.5. The van der Waals surface area contributed by atoms with Crippen molar-refractivity contribution in [2.75, 3.05) is 0 Å². The van der Waals surface area contributed by atoms with Gasteiger partial charge in [-0.3, -0.25) is 0 Å². The molecule has 0 heterocycles. The number of hydrogen-bond acceptors (Lipinski definition) is 0. The van der Waals surface area contributed by atoms with Gasteiger partial charge in [0.1, 0.15) is 0 Å². The van der Waals surface area contributed by atoms with Crippen molar-refractivity contribution in [3.63, 3.8) is 0 Å². The van der Waals surface area contributed by atoms with Crippen molar-refractivity contribution in [1.82, 2.24) is 0 Å². The van der Waals surface area contributed by atoms with Crippen LogP contribution in [0, 0.1) is 35.5 Å². The summed E-state index contributed by atoms with van der Waals surface area (Å²) in [6.45, 7) is 14.4. The predicted octanol–water partition coefficient (Wildman–Crippen LogP) is 4.60. The van der Waals surface area contributed by atoms with Crippen LogP contribution in [0.15, 0.2) is 0 Å². The maximum absolute atomic E-state index is 2.48. The van der Waals surface area contributed by atoms with E-state index in [-0.39, 0.29) is 0 Å². The first-order valence-corrected chi connectivity index (χ1v) is 6.49. The molecule has 0 radical (unpaired) electrons. The molecule has 0 aromatic rings. The summed E-state index contributed by atoms with van der Waals surface area (Å²) in [6.07, 6.45) is 2.88. The molecule has 1 saturated carbocycles. The summed E-state index contributed by atoms with van der Waals surface area (Å²) in [5, 5.41) is 0. The Kier molecular flexibility index (Phi) is 4.04. The van der Waals surface area contributed by atoms with Crippen LogP contribution < -0.4 is 0 Å². The van der Waals surface area contributed by atoms with Gasteiger partial charge in [-0.1, -0.05) is 48.0 Å². The third kappa shape index (κ3) is 2.52. The number of rotatable bonds is 5. The molecule has 5 atom stereocenters. The van der Waals surface area contributed by atoms with Crippen molar-refractivity contribution < 1.29 is 0 Å². The fraction of sp³-hybridized carbons (Fsp3) is 1.00. The second-order valence-electron chi connectivity index (χ2n) is 5.91. The zero-order valence-corrected chi connectivity index (χ0v) is 10.9. The molecule has 1 fully saturated rings. The summed E-state index contributed by atoms with van der Waals surface area (Å²) >= 11 is 0. The van der Waals surface area contributed by atoms with Gasteiger partial charge in [0.15, 0.2) is 0 Å². The zero-order chi connectivity index (χ0) is 10.9. The maximum atomic E-state index is 2.48. The fourth-order valence-electron chi connectivity index (χ4n) is 3.01. The third-order valence-electron chi connectivity index (χ3n) is 4.75. The van der Waals surface area contributed by atoms with E-state index in [0.29, 0.717) is 0 Å². The van der Waals surface area contributed by atoms with Crippen LogP contribution in [-0.4, -0.2) is 0 Å². The molecule has 0 heteroatoms. The highest BCUT2D eigenvalue weighted by molar-refractivity contribution is 4.91. The lowest BCUT2D eigenvalue weighted by Crippen LogP contribution is -2.24.